The molecule has 0 aliphatic heterocycles. The first-order valence-electron chi connectivity index (χ1n) is 4.32. The smallest absolute Gasteiger partial charge is 0.228 e. The maximum absolute atomic E-state index is 11.2. The SMILES string of the molecule is [CH]=Cc1ccc(NC(=O)CC=C)cc1. The van der Waals surface area contributed by atoms with Crippen LogP contribution in [0.1, 0.15) is 12.0 Å². The second-order valence-corrected chi connectivity index (χ2v) is 2.83. The predicted octanol–water partition coefficient (Wildman–Crippen LogP) is 2.65. The number of anilines is 1. The van der Waals surface area contributed by atoms with Gasteiger partial charge in [0.25, 0.3) is 0 Å². The Morgan fingerprint density at radius 1 is 1.43 bits per heavy atom. The van der Waals surface area contributed by atoms with Crippen molar-refractivity contribution in [2.45, 2.75) is 6.42 Å². The van der Waals surface area contributed by atoms with Gasteiger partial charge in [0.15, 0.2) is 0 Å². The van der Waals surface area contributed by atoms with E-state index < -0.39 is 0 Å². The molecule has 0 aromatic heterocycles. The lowest BCUT2D eigenvalue weighted by Gasteiger charge is -2.03. The summed E-state index contributed by atoms with van der Waals surface area (Å²) in [6, 6.07) is 7.28. The number of rotatable bonds is 4. The Labute approximate surface area is 84.0 Å². The number of hydrogen-bond acceptors (Lipinski definition) is 1. The fraction of sp³-hybridized carbons (Fsp3) is 0.0833. The second kappa shape index (κ2) is 5.02. The monoisotopic (exact) mass is 186 g/mol. The summed E-state index contributed by atoms with van der Waals surface area (Å²) in [4.78, 5) is 11.2. The van der Waals surface area contributed by atoms with Crippen molar-refractivity contribution < 1.29 is 4.79 Å². The Hall–Kier alpha value is -1.83. The minimum Gasteiger partial charge on any atom is -0.326 e. The Bertz CT molecular complexity index is 338. The lowest BCUT2D eigenvalue weighted by atomic mass is 10.2. The van der Waals surface area contributed by atoms with E-state index in [0.717, 1.165) is 11.3 Å². The van der Waals surface area contributed by atoms with Crippen LogP contribution in [0.25, 0.3) is 6.08 Å². The molecule has 0 fully saturated rings. The van der Waals surface area contributed by atoms with E-state index in [1.54, 1.807) is 18.2 Å². The van der Waals surface area contributed by atoms with Crippen LogP contribution in [0.4, 0.5) is 5.69 Å². The largest absolute Gasteiger partial charge is 0.326 e. The van der Waals surface area contributed by atoms with Crippen LogP contribution in [0, 0.1) is 6.58 Å². The summed E-state index contributed by atoms with van der Waals surface area (Å²) in [5.74, 6) is -0.0653. The molecule has 1 radical (unpaired) electrons. The molecule has 1 rings (SSSR count). The van der Waals surface area contributed by atoms with E-state index in [9.17, 15) is 4.79 Å². The molecular formula is C12H12NO. The third-order valence-corrected chi connectivity index (χ3v) is 1.72. The third kappa shape index (κ3) is 2.90. The van der Waals surface area contributed by atoms with Gasteiger partial charge in [0, 0.05) is 12.1 Å². The molecule has 0 aliphatic carbocycles. The Kier molecular flexibility index (Phi) is 3.68. The van der Waals surface area contributed by atoms with Crippen LogP contribution in [0.3, 0.4) is 0 Å². The number of carbonyl (C=O) groups is 1. The molecule has 0 aliphatic rings. The molecule has 0 saturated carbocycles. The highest BCUT2D eigenvalue weighted by Crippen LogP contribution is 2.10. The van der Waals surface area contributed by atoms with Crippen molar-refractivity contribution in [2.75, 3.05) is 5.32 Å². The van der Waals surface area contributed by atoms with Crippen LogP contribution in [-0.2, 0) is 4.79 Å². The third-order valence-electron chi connectivity index (χ3n) is 1.72. The fourth-order valence-corrected chi connectivity index (χ4v) is 1.02. The van der Waals surface area contributed by atoms with Crippen molar-refractivity contribution >= 4 is 17.7 Å². The fourth-order valence-electron chi connectivity index (χ4n) is 1.02. The Morgan fingerprint density at radius 3 is 2.57 bits per heavy atom. The molecule has 0 bridgehead atoms. The summed E-state index contributed by atoms with van der Waals surface area (Å²) in [7, 11) is 0. The van der Waals surface area contributed by atoms with Gasteiger partial charge in [-0.1, -0.05) is 30.9 Å². The molecule has 0 heterocycles. The number of carbonyl (C=O) groups excluding carboxylic acids is 1. The standard InChI is InChI=1S/C12H12NO/c1-3-5-12(14)13-11-8-6-10(4-2)7-9-11/h2-4,6-9H,1,5H2,(H,13,14). The molecule has 0 unspecified atom stereocenters. The van der Waals surface area contributed by atoms with Crippen LogP contribution in [0.2, 0.25) is 0 Å². The first-order chi connectivity index (χ1) is 6.76. The summed E-state index contributed by atoms with van der Waals surface area (Å²) < 4.78 is 0. The van der Waals surface area contributed by atoms with Crippen LogP contribution in [0.5, 0.6) is 0 Å². The minimum atomic E-state index is -0.0653. The Morgan fingerprint density at radius 2 is 2.07 bits per heavy atom. The van der Waals surface area contributed by atoms with Crippen LogP contribution in [-0.4, -0.2) is 5.91 Å². The second-order valence-electron chi connectivity index (χ2n) is 2.83. The highest BCUT2D eigenvalue weighted by atomic mass is 16.1. The molecule has 0 spiro atoms. The van der Waals surface area contributed by atoms with Crippen LogP contribution in [0.15, 0.2) is 36.9 Å². The summed E-state index contributed by atoms with van der Waals surface area (Å²) in [5, 5.41) is 2.73. The Balaban J connectivity index is 2.63. The summed E-state index contributed by atoms with van der Waals surface area (Å²) in [5.41, 5.74) is 1.69. The summed E-state index contributed by atoms with van der Waals surface area (Å²) in [6.07, 6.45) is 3.40. The molecule has 2 heteroatoms. The molecule has 14 heavy (non-hydrogen) atoms. The molecule has 1 N–H and O–H groups in total. The average Bonchev–Trinajstić information content (AvgIpc) is 2.19. The number of amides is 1. The molecule has 0 saturated heterocycles. The zero-order chi connectivity index (χ0) is 10.4. The molecule has 0 atom stereocenters. The van der Waals surface area contributed by atoms with E-state index in [-0.39, 0.29) is 5.91 Å². The van der Waals surface area contributed by atoms with Crippen molar-refractivity contribution in [2.24, 2.45) is 0 Å². The number of benzene rings is 1. The minimum absolute atomic E-state index is 0.0653. The van der Waals surface area contributed by atoms with E-state index in [2.05, 4.69) is 11.9 Å². The number of nitrogens with one attached hydrogen (secondary N) is 1. The molecule has 1 aromatic rings. The van der Waals surface area contributed by atoms with Gasteiger partial charge >= 0.3 is 0 Å². The molecule has 71 valence electrons. The van der Waals surface area contributed by atoms with Gasteiger partial charge in [0.05, 0.1) is 0 Å². The van der Waals surface area contributed by atoms with Crippen molar-refractivity contribution in [3.8, 4) is 0 Å². The van der Waals surface area contributed by atoms with Crippen molar-refractivity contribution in [3.63, 3.8) is 0 Å². The van der Waals surface area contributed by atoms with E-state index >= 15 is 0 Å². The maximum atomic E-state index is 11.2. The van der Waals surface area contributed by atoms with Gasteiger partial charge in [-0.25, -0.2) is 0 Å². The van der Waals surface area contributed by atoms with Gasteiger partial charge < -0.3 is 5.32 Å². The van der Waals surface area contributed by atoms with Crippen molar-refractivity contribution in [1.29, 1.82) is 0 Å². The van der Waals surface area contributed by atoms with Crippen molar-refractivity contribution in [1.82, 2.24) is 0 Å². The first-order valence-corrected chi connectivity index (χ1v) is 4.32. The molecule has 1 aromatic carbocycles. The van der Waals surface area contributed by atoms with Crippen LogP contribution >= 0.6 is 0 Å². The van der Waals surface area contributed by atoms with Gasteiger partial charge in [0.2, 0.25) is 5.91 Å². The predicted molar refractivity (Wildman–Crippen MR) is 58.6 cm³/mol. The van der Waals surface area contributed by atoms with Gasteiger partial charge in [-0.15, -0.1) is 6.58 Å². The highest BCUT2D eigenvalue weighted by molar-refractivity contribution is 5.91. The van der Waals surface area contributed by atoms with Gasteiger partial charge in [-0.3, -0.25) is 4.79 Å². The van der Waals surface area contributed by atoms with E-state index in [4.69, 9.17) is 6.58 Å². The van der Waals surface area contributed by atoms with Gasteiger partial charge in [-0.05, 0) is 17.7 Å². The van der Waals surface area contributed by atoms with Crippen LogP contribution < -0.4 is 5.32 Å². The lowest BCUT2D eigenvalue weighted by molar-refractivity contribution is -0.115. The lowest BCUT2D eigenvalue weighted by Crippen LogP contribution is -2.09. The maximum Gasteiger partial charge on any atom is 0.228 e. The van der Waals surface area contributed by atoms with E-state index in [1.807, 2.05) is 12.1 Å². The molecular weight excluding hydrogens is 174 g/mol. The van der Waals surface area contributed by atoms with Gasteiger partial charge in [-0.2, -0.15) is 0 Å². The van der Waals surface area contributed by atoms with E-state index in [0.29, 0.717) is 6.42 Å². The molecule has 1 amide bonds. The number of hydrogen-bond donors (Lipinski definition) is 1. The normalized spacial score (nSPS) is 9.14. The highest BCUT2D eigenvalue weighted by Gasteiger charge is 1.98. The quantitative estimate of drug-likeness (QED) is 0.719. The average molecular weight is 186 g/mol. The summed E-state index contributed by atoms with van der Waals surface area (Å²) in [6.45, 7) is 8.81. The zero-order valence-corrected chi connectivity index (χ0v) is 7.86. The van der Waals surface area contributed by atoms with Crippen molar-refractivity contribution in [3.05, 3.63) is 49.1 Å². The first kappa shape index (κ1) is 10.3. The molecule has 2 nitrogen and oxygen atoms in total. The van der Waals surface area contributed by atoms with Gasteiger partial charge in [0.1, 0.15) is 0 Å². The zero-order valence-electron chi connectivity index (χ0n) is 7.86. The van der Waals surface area contributed by atoms with E-state index in [1.165, 1.54) is 6.08 Å². The topological polar surface area (TPSA) is 29.1 Å². The summed E-state index contributed by atoms with van der Waals surface area (Å²) >= 11 is 0.